The van der Waals surface area contributed by atoms with Crippen molar-refractivity contribution in [3.05, 3.63) is 14.9 Å². The predicted molar refractivity (Wildman–Crippen MR) is 78.0 cm³/mol. The van der Waals surface area contributed by atoms with Crippen molar-refractivity contribution in [1.29, 1.82) is 0 Å². The Labute approximate surface area is 128 Å². The van der Waals surface area contributed by atoms with Crippen molar-refractivity contribution >= 4 is 54.8 Å². The number of carbonyl (C=O) groups is 1. The molecule has 1 aromatic heterocycles. The number of sulfonamides is 1. The first kappa shape index (κ1) is 15.2. The van der Waals surface area contributed by atoms with Crippen LogP contribution in [0.15, 0.2) is 14.1 Å². The second-order valence-electron chi connectivity index (χ2n) is 4.31. The molecule has 9 heteroatoms. The molecule has 1 aliphatic carbocycles. The van der Waals surface area contributed by atoms with Crippen molar-refractivity contribution < 1.29 is 13.2 Å². The number of halogens is 2. The Balaban J connectivity index is 2.05. The van der Waals surface area contributed by atoms with Gasteiger partial charge >= 0.3 is 0 Å². The van der Waals surface area contributed by atoms with Gasteiger partial charge in [-0.25, -0.2) is 8.42 Å². The van der Waals surface area contributed by atoms with Crippen LogP contribution in [0.5, 0.6) is 0 Å². The summed E-state index contributed by atoms with van der Waals surface area (Å²) < 4.78 is 27.1. The van der Waals surface area contributed by atoms with Gasteiger partial charge in [0.05, 0.1) is 14.9 Å². The summed E-state index contributed by atoms with van der Waals surface area (Å²) in [4.78, 5) is 11.7. The quantitative estimate of drug-likeness (QED) is 0.812. The Bertz CT molecular complexity index is 578. The second-order valence-corrected chi connectivity index (χ2v) is 9.03. The van der Waals surface area contributed by atoms with Crippen molar-refractivity contribution in [2.24, 2.45) is 0 Å². The fraction of sp³-hybridized carbons (Fsp3) is 0.500. The van der Waals surface area contributed by atoms with Gasteiger partial charge in [0.15, 0.2) is 0 Å². The van der Waals surface area contributed by atoms with Gasteiger partial charge in [0.2, 0.25) is 5.91 Å². The third-order valence-corrected chi connectivity index (χ3v) is 7.03. The zero-order valence-corrected chi connectivity index (χ0v) is 13.9. The van der Waals surface area contributed by atoms with Crippen LogP contribution in [0.25, 0.3) is 0 Å². The van der Waals surface area contributed by atoms with E-state index < -0.39 is 16.1 Å². The minimum atomic E-state index is -3.73. The lowest BCUT2D eigenvalue weighted by atomic mass is 10.3. The number of thiophene rings is 1. The molecule has 1 unspecified atom stereocenters. The molecule has 1 fully saturated rings. The summed E-state index contributed by atoms with van der Waals surface area (Å²) in [6.45, 7) is 1.51. The van der Waals surface area contributed by atoms with E-state index in [0.29, 0.717) is 8.81 Å². The zero-order chi connectivity index (χ0) is 14.2. The maximum absolute atomic E-state index is 12.1. The second kappa shape index (κ2) is 5.69. The Morgan fingerprint density at radius 2 is 2.21 bits per heavy atom. The first-order chi connectivity index (χ1) is 8.79. The number of carbonyl (C=O) groups excluding carboxylic acids is 1. The van der Waals surface area contributed by atoms with Crippen LogP contribution in [0.1, 0.15) is 19.8 Å². The highest BCUT2D eigenvalue weighted by molar-refractivity contribution is 9.11. The Morgan fingerprint density at radius 1 is 1.58 bits per heavy atom. The molecule has 19 heavy (non-hydrogen) atoms. The Hall–Kier alpha value is -0.150. The highest BCUT2D eigenvalue weighted by Gasteiger charge is 2.28. The van der Waals surface area contributed by atoms with Crippen LogP contribution >= 0.6 is 38.9 Å². The summed E-state index contributed by atoms with van der Waals surface area (Å²) in [6, 6.07) is 0.736. The molecule has 0 aliphatic heterocycles. The minimum absolute atomic E-state index is 0.0791. The van der Waals surface area contributed by atoms with E-state index in [1.165, 1.54) is 13.0 Å². The average Bonchev–Trinajstić information content (AvgIpc) is 3.04. The molecule has 2 rings (SSSR count). The summed E-state index contributed by atoms with van der Waals surface area (Å²) in [5.74, 6) is -0.312. The summed E-state index contributed by atoms with van der Waals surface area (Å²) in [5, 5.41) is 3.08. The molecule has 1 heterocycles. The van der Waals surface area contributed by atoms with Crippen molar-refractivity contribution in [3.63, 3.8) is 0 Å². The largest absolute Gasteiger partial charge is 0.352 e. The number of hydrogen-bond acceptors (Lipinski definition) is 4. The van der Waals surface area contributed by atoms with E-state index in [2.05, 4.69) is 26.0 Å². The molecule has 106 valence electrons. The molecule has 0 aromatic carbocycles. The lowest BCUT2D eigenvalue weighted by molar-refractivity contribution is -0.122. The lowest BCUT2D eigenvalue weighted by Gasteiger charge is -2.13. The predicted octanol–water partition coefficient (Wildman–Crippen LogP) is 2.11. The molecule has 1 aliphatic rings. The first-order valence-corrected chi connectivity index (χ1v) is 9.04. The fourth-order valence-corrected chi connectivity index (χ4v) is 4.98. The maximum atomic E-state index is 12.1. The monoisotopic (exact) mass is 386 g/mol. The van der Waals surface area contributed by atoms with Gasteiger partial charge in [-0.2, -0.15) is 4.72 Å². The van der Waals surface area contributed by atoms with Crippen molar-refractivity contribution in [3.8, 4) is 0 Å². The molecule has 0 saturated heterocycles. The normalized spacial score (nSPS) is 17.2. The Morgan fingerprint density at radius 3 is 2.68 bits per heavy atom. The van der Waals surface area contributed by atoms with E-state index >= 15 is 0 Å². The summed E-state index contributed by atoms with van der Waals surface area (Å²) >= 11 is 9.97. The van der Waals surface area contributed by atoms with Gasteiger partial charge in [-0.1, -0.05) is 11.6 Å². The smallest absolute Gasteiger partial charge is 0.250 e. The minimum Gasteiger partial charge on any atom is -0.352 e. The number of hydrogen-bond donors (Lipinski definition) is 2. The molecular formula is C10H12BrClN2O3S2. The topological polar surface area (TPSA) is 75.3 Å². The molecule has 2 N–H and O–H groups in total. The molecule has 0 bridgehead atoms. The zero-order valence-electron chi connectivity index (χ0n) is 9.94. The van der Waals surface area contributed by atoms with Crippen LogP contribution < -0.4 is 10.0 Å². The van der Waals surface area contributed by atoms with Gasteiger partial charge in [-0.3, -0.25) is 4.79 Å². The van der Waals surface area contributed by atoms with Gasteiger partial charge < -0.3 is 5.32 Å². The molecular weight excluding hydrogens is 376 g/mol. The van der Waals surface area contributed by atoms with Crippen molar-refractivity contribution in [2.45, 2.75) is 36.1 Å². The first-order valence-electron chi connectivity index (χ1n) is 5.57. The third-order valence-electron chi connectivity index (χ3n) is 2.54. The molecule has 1 amide bonds. The van der Waals surface area contributed by atoms with Crippen LogP contribution in [0, 0.1) is 0 Å². The van der Waals surface area contributed by atoms with Crippen LogP contribution in [0.3, 0.4) is 0 Å². The number of rotatable bonds is 5. The SMILES string of the molecule is CC(NS(=O)(=O)c1cc(Cl)c(Br)s1)C(=O)NC1CC1. The fourth-order valence-electron chi connectivity index (χ4n) is 1.36. The highest BCUT2D eigenvalue weighted by Crippen LogP contribution is 2.34. The molecule has 0 radical (unpaired) electrons. The van der Waals surface area contributed by atoms with Gasteiger partial charge in [-0.15, -0.1) is 11.3 Å². The van der Waals surface area contributed by atoms with E-state index in [-0.39, 0.29) is 16.2 Å². The van der Waals surface area contributed by atoms with Crippen LogP contribution in [-0.4, -0.2) is 26.4 Å². The average molecular weight is 388 g/mol. The maximum Gasteiger partial charge on any atom is 0.250 e. The van der Waals surface area contributed by atoms with Gasteiger partial charge in [0.1, 0.15) is 4.21 Å². The molecule has 1 saturated carbocycles. The molecule has 0 spiro atoms. The summed E-state index contributed by atoms with van der Waals surface area (Å²) in [7, 11) is -3.73. The standard InChI is InChI=1S/C10H12BrClN2O3S2/c1-5(10(15)13-6-2-3-6)14-19(16,17)8-4-7(12)9(11)18-8/h4-6,14H,2-3H2,1H3,(H,13,15). The van der Waals surface area contributed by atoms with E-state index in [0.717, 1.165) is 24.2 Å². The summed E-state index contributed by atoms with van der Waals surface area (Å²) in [6.07, 6.45) is 1.91. The van der Waals surface area contributed by atoms with Crippen LogP contribution in [0.2, 0.25) is 5.02 Å². The molecule has 1 aromatic rings. The molecule has 5 nitrogen and oxygen atoms in total. The lowest BCUT2D eigenvalue weighted by Crippen LogP contribution is -2.45. The number of nitrogens with one attached hydrogen (secondary N) is 2. The third kappa shape index (κ3) is 3.91. The van der Waals surface area contributed by atoms with Crippen LogP contribution in [-0.2, 0) is 14.8 Å². The van der Waals surface area contributed by atoms with E-state index in [4.69, 9.17) is 11.6 Å². The number of amides is 1. The van der Waals surface area contributed by atoms with E-state index in [1.54, 1.807) is 0 Å². The Kier molecular flexibility index (Phi) is 4.56. The van der Waals surface area contributed by atoms with Crippen molar-refractivity contribution in [2.75, 3.05) is 0 Å². The van der Waals surface area contributed by atoms with E-state index in [1.807, 2.05) is 0 Å². The van der Waals surface area contributed by atoms with Crippen molar-refractivity contribution in [1.82, 2.24) is 10.0 Å². The van der Waals surface area contributed by atoms with Gasteiger partial charge in [-0.05, 0) is 41.8 Å². The van der Waals surface area contributed by atoms with Gasteiger partial charge in [0.25, 0.3) is 10.0 Å². The highest BCUT2D eigenvalue weighted by atomic mass is 79.9. The van der Waals surface area contributed by atoms with Gasteiger partial charge in [0, 0.05) is 6.04 Å². The van der Waals surface area contributed by atoms with Crippen LogP contribution in [0.4, 0.5) is 0 Å². The van der Waals surface area contributed by atoms with E-state index in [9.17, 15) is 13.2 Å². The summed E-state index contributed by atoms with van der Waals surface area (Å²) in [5.41, 5.74) is 0. The molecule has 1 atom stereocenters.